The van der Waals surface area contributed by atoms with Gasteiger partial charge in [0.1, 0.15) is 5.25 Å². The molecule has 20 heavy (non-hydrogen) atoms. The molecule has 0 aliphatic carbocycles. The van der Waals surface area contributed by atoms with Crippen LogP contribution in [0.2, 0.25) is 5.02 Å². The number of amidine groups is 1. The first-order valence-corrected chi connectivity index (χ1v) is 7.23. The van der Waals surface area contributed by atoms with E-state index in [1.165, 1.54) is 16.7 Å². The summed E-state index contributed by atoms with van der Waals surface area (Å²) in [6, 6.07) is 6.90. The van der Waals surface area contributed by atoms with E-state index in [0.29, 0.717) is 15.9 Å². The van der Waals surface area contributed by atoms with E-state index in [1.54, 1.807) is 38.4 Å². The van der Waals surface area contributed by atoms with Crippen molar-refractivity contribution in [3.63, 3.8) is 0 Å². The average molecular weight is 312 g/mol. The molecule has 1 aliphatic rings. The van der Waals surface area contributed by atoms with E-state index in [2.05, 4.69) is 10.3 Å². The van der Waals surface area contributed by atoms with Gasteiger partial charge in [0, 0.05) is 31.2 Å². The van der Waals surface area contributed by atoms with Gasteiger partial charge in [0.25, 0.3) is 0 Å². The van der Waals surface area contributed by atoms with Crippen molar-refractivity contribution >= 4 is 46.0 Å². The molecule has 106 valence electrons. The Labute approximate surface area is 126 Å². The summed E-state index contributed by atoms with van der Waals surface area (Å²) < 4.78 is 0. The molecule has 1 aliphatic heterocycles. The van der Waals surface area contributed by atoms with Gasteiger partial charge in [-0.2, -0.15) is 0 Å². The van der Waals surface area contributed by atoms with Crippen molar-refractivity contribution < 1.29 is 9.59 Å². The summed E-state index contributed by atoms with van der Waals surface area (Å²) in [6.45, 7) is 0. The molecule has 1 unspecified atom stereocenters. The third-order valence-electron chi connectivity index (χ3n) is 2.84. The van der Waals surface area contributed by atoms with Gasteiger partial charge in [-0.1, -0.05) is 29.4 Å². The van der Waals surface area contributed by atoms with Crippen LogP contribution in [0.3, 0.4) is 0 Å². The van der Waals surface area contributed by atoms with Crippen molar-refractivity contribution in [1.29, 1.82) is 0 Å². The zero-order valence-corrected chi connectivity index (χ0v) is 12.7. The number of carbonyl (C=O) groups excluding carboxylic acids is 2. The zero-order valence-electron chi connectivity index (χ0n) is 11.1. The quantitative estimate of drug-likeness (QED) is 0.911. The Bertz CT molecular complexity index is 576. The summed E-state index contributed by atoms with van der Waals surface area (Å²) in [4.78, 5) is 29.5. The minimum absolute atomic E-state index is 0.115. The number of carbonyl (C=O) groups is 2. The molecule has 1 aromatic rings. The van der Waals surface area contributed by atoms with E-state index in [9.17, 15) is 9.59 Å². The van der Waals surface area contributed by atoms with Gasteiger partial charge in [-0.3, -0.25) is 19.5 Å². The van der Waals surface area contributed by atoms with Gasteiger partial charge in [0.15, 0.2) is 5.17 Å². The summed E-state index contributed by atoms with van der Waals surface area (Å²) >= 11 is 7.15. The van der Waals surface area contributed by atoms with Crippen LogP contribution in [0.1, 0.15) is 6.42 Å². The molecule has 0 bridgehead atoms. The molecule has 2 rings (SSSR count). The lowest BCUT2D eigenvalue weighted by atomic mass is 10.2. The van der Waals surface area contributed by atoms with Crippen molar-refractivity contribution in [2.24, 2.45) is 4.99 Å². The Morgan fingerprint density at radius 3 is 2.95 bits per heavy atom. The number of rotatable bonds is 2. The molecular weight excluding hydrogens is 298 g/mol. The summed E-state index contributed by atoms with van der Waals surface area (Å²) in [5, 5.41) is 3.38. The highest BCUT2D eigenvalue weighted by atomic mass is 35.5. The third kappa shape index (κ3) is 3.32. The van der Waals surface area contributed by atoms with E-state index >= 15 is 0 Å². The normalized spacial score (nSPS) is 21.1. The molecule has 0 aromatic heterocycles. The number of amides is 2. The maximum atomic E-state index is 12.2. The van der Waals surface area contributed by atoms with Crippen LogP contribution in [-0.4, -0.2) is 41.2 Å². The van der Waals surface area contributed by atoms with Crippen LogP contribution < -0.4 is 5.32 Å². The van der Waals surface area contributed by atoms with Crippen LogP contribution >= 0.6 is 23.4 Å². The summed E-state index contributed by atoms with van der Waals surface area (Å²) in [7, 11) is 3.26. The molecule has 1 atom stereocenters. The Hall–Kier alpha value is -1.53. The average Bonchev–Trinajstić information content (AvgIpc) is 2.41. The van der Waals surface area contributed by atoms with Crippen LogP contribution in [-0.2, 0) is 9.59 Å². The van der Waals surface area contributed by atoms with Gasteiger partial charge >= 0.3 is 0 Å². The number of thioether (sulfide) groups is 1. The smallest absolute Gasteiger partial charge is 0.238 e. The van der Waals surface area contributed by atoms with Crippen molar-refractivity contribution in [2.45, 2.75) is 11.7 Å². The standard InChI is InChI=1S/C13H14ClN3O2S/c1-15-13-17(2)11(18)7-10(20-13)12(19)16-9-5-3-4-8(14)6-9/h3-6,10H,7H2,1-2H3,(H,16,19). The largest absolute Gasteiger partial charge is 0.325 e. The highest BCUT2D eigenvalue weighted by Crippen LogP contribution is 2.26. The van der Waals surface area contributed by atoms with E-state index in [4.69, 9.17) is 11.6 Å². The number of aliphatic imine (C=N–C) groups is 1. The number of anilines is 1. The molecule has 0 saturated carbocycles. The van der Waals surface area contributed by atoms with Crippen LogP contribution in [0.4, 0.5) is 5.69 Å². The van der Waals surface area contributed by atoms with Gasteiger partial charge in [-0.25, -0.2) is 0 Å². The Morgan fingerprint density at radius 2 is 2.30 bits per heavy atom. The molecule has 2 amide bonds. The fourth-order valence-electron chi connectivity index (χ4n) is 1.79. The Kier molecular flexibility index (Phi) is 4.67. The van der Waals surface area contributed by atoms with Crippen molar-refractivity contribution in [1.82, 2.24) is 4.90 Å². The van der Waals surface area contributed by atoms with E-state index in [1.807, 2.05) is 0 Å². The van der Waals surface area contributed by atoms with Crippen molar-refractivity contribution in [3.8, 4) is 0 Å². The van der Waals surface area contributed by atoms with Gasteiger partial charge in [0.05, 0.1) is 0 Å². The van der Waals surface area contributed by atoms with E-state index in [-0.39, 0.29) is 18.2 Å². The fraction of sp³-hybridized carbons (Fsp3) is 0.308. The number of nitrogens with zero attached hydrogens (tertiary/aromatic N) is 2. The maximum absolute atomic E-state index is 12.2. The second-order valence-electron chi connectivity index (χ2n) is 4.27. The first kappa shape index (κ1) is 14.9. The molecule has 5 nitrogen and oxygen atoms in total. The van der Waals surface area contributed by atoms with E-state index in [0.717, 1.165) is 0 Å². The number of hydrogen-bond acceptors (Lipinski definition) is 4. The molecule has 7 heteroatoms. The van der Waals surface area contributed by atoms with Gasteiger partial charge < -0.3 is 5.32 Å². The second-order valence-corrected chi connectivity index (χ2v) is 5.88. The second kappa shape index (κ2) is 6.28. The lowest BCUT2D eigenvalue weighted by Crippen LogP contribution is -2.43. The predicted octanol–water partition coefficient (Wildman–Crippen LogP) is 2.23. The monoisotopic (exact) mass is 311 g/mol. The number of nitrogens with one attached hydrogen (secondary N) is 1. The molecule has 0 radical (unpaired) electrons. The molecule has 1 heterocycles. The molecular formula is C13H14ClN3O2S. The highest BCUT2D eigenvalue weighted by molar-refractivity contribution is 8.15. The zero-order chi connectivity index (χ0) is 14.7. The van der Waals surface area contributed by atoms with Gasteiger partial charge in [0.2, 0.25) is 11.8 Å². The van der Waals surface area contributed by atoms with Crippen LogP contribution in [0.15, 0.2) is 29.3 Å². The SMILES string of the molecule is CN=C1SC(C(=O)Nc2cccc(Cl)c2)CC(=O)N1C. The minimum atomic E-state index is -0.476. The number of hydrogen-bond donors (Lipinski definition) is 1. The number of benzene rings is 1. The van der Waals surface area contributed by atoms with Crippen LogP contribution in [0.5, 0.6) is 0 Å². The molecule has 1 aromatic carbocycles. The topological polar surface area (TPSA) is 61.8 Å². The lowest BCUT2D eigenvalue weighted by Gasteiger charge is -2.28. The van der Waals surface area contributed by atoms with Crippen LogP contribution in [0.25, 0.3) is 0 Å². The first-order valence-electron chi connectivity index (χ1n) is 5.97. The summed E-state index contributed by atoms with van der Waals surface area (Å²) in [6.07, 6.45) is 0.159. The predicted molar refractivity (Wildman–Crippen MR) is 82.2 cm³/mol. The Morgan fingerprint density at radius 1 is 1.55 bits per heavy atom. The fourth-order valence-corrected chi connectivity index (χ4v) is 2.99. The van der Waals surface area contributed by atoms with E-state index < -0.39 is 5.25 Å². The van der Waals surface area contributed by atoms with Crippen molar-refractivity contribution in [3.05, 3.63) is 29.3 Å². The maximum Gasteiger partial charge on any atom is 0.238 e. The Balaban J connectivity index is 2.08. The van der Waals surface area contributed by atoms with Gasteiger partial charge in [-0.15, -0.1) is 0 Å². The first-order chi connectivity index (χ1) is 9.51. The molecule has 0 spiro atoms. The molecule has 1 N–H and O–H groups in total. The summed E-state index contributed by atoms with van der Waals surface area (Å²) in [5.41, 5.74) is 0.615. The molecule has 1 fully saturated rings. The summed E-state index contributed by atoms with van der Waals surface area (Å²) in [5.74, 6) is -0.338. The third-order valence-corrected chi connectivity index (χ3v) is 4.41. The minimum Gasteiger partial charge on any atom is -0.325 e. The van der Waals surface area contributed by atoms with Crippen LogP contribution in [0, 0.1) is 0 Å². The van der Waals surface area contributed by atoms with Gasteiger partial charge in [-0.05, 0) is 18.2 Å². The lowest BCUT2D eigenvalue weighted by molar-refractivity contribution is -0.128. The van der Waals surface area contributed by atoms with Crippen molar-refractivity contribution in [2.75, 3.05) is 19.4 Å². The number of halogens is 1. The highest BCUT2D eigenvalue weighted by Gasteiger charge is 2.33. The molecule has 1 saturated heterocycles.